The van der Waals surface area contributed by atoms with Gasteiger partial charge in [0.25, 0.3) is 0 Å². The van der Waals surface area contributed by atoms with E-state index in [9.17, 15) is 14.4 Å². The van der Waals surface area contributed by atoms with Gasteiger partial charge < -0.3 is 24.1 Å². The van der Waals surface area contributed by atoms with E-state index in [1.54, 1.807) is 21.1 Å². The Labute approximate surface area is 322 Å². The highest BCUT2D eigenvalue weighted by Gasteiger charge is 2.30. The van der Waals surface area contributed by atoms with Crippen LogP contribution >= 0.6 is 34.8 Å². The molecule has 8 rings (SSSR count). The smallest absolute Gasteiger partial charge is 0.223 e. The van der Waals surface area contributed by atoms with Crippen molar-refractivity contribution in [1.29, 1.82) is 0 Å². The number of nitrogens with one attached hydrogen (secondary N) is 1. The Kier molecular flexibility index (Phi) is 14.3. The third-order valence-electron chi connectivity index (χ3n) is 9.03. The quantitative estimate of drug-likeness (QED) is 0.154. The van der Waals surface area contributed by atoms with Crippen molar-refractivity contribution in [3.8, 4) is 0 Å². The van der Waals surface area contributed by atoms with E-state index in [1.165, 1.54) is 12.8 Å². The van der Waals surface area contributed by atoms with Crippen LogP contribution in [0, 0.1) is 11.8 Å². The van der Waals surface area contributed by atoms with Crippen LogP contribution in [-0.2, 0) is 22.7 Å². The molecule has 2 aliphatic heterocycles. The van der Waals surface area contributed by atoms with Crippen molar-refractivity contribution in [1.82, 2.24) is 38.4 Å². The van der Waals surface area contributed by atoms with E-state index in [2.05, 4.69) is 34.1 Å². The first-order valence-corrected chi connectivity index (χ1v) is 18.8. The minimum atomic E-state index is -0.0932. The second-order valence-corrected chi connectivity index (χ2v) is 13.9. The second-order valence-electron chi connectivity index (χ2n) is 12.8. The molecular weight excluding hydrogens is 739 g/mol. The fourth-order valence-corrected chi connectivity index (χ4v) is 7.17. The van der Waals surface area contributed by atoms with Crippen molar-refractivity contribution >= 4 is 69.8 Å². The van der Waals surface area contributed by atoms with Gasteiger partial charge in [-0.25, -0.2) is 15.0 Å². The van der Waals surface area contributed by atoms with Crippen molar-refractivity contribution in [2.45, 2.75) is 65.5 Å². The lowest BCUT2D eigenvalue weighted by molar-refractivity contribution is -0.128. The van der Waals surface area contributed by atoms with Gasteiger partial charge in [0.15, 0.2) is 21.7 Å². The second kappa shape index (κ2) is 19.0. The first kappa shape index (κ1) is 39.7. The fourth-order valence-electron chi connectivity index (χ4n) is 6.48. The van der Waals surface area contributed by atoms with Crippen molar-refractivity contribution in [2.75, 3.05) is 13.1 Å². The minimum Gasteiger partial charge on any atom is -0.390 e. The minimum absolute atomic E-state index is 0.0932. The van der Waals surface area contributed by atoms with Gasteiger partial charge >= 0.3 is 0 Å². The number of aromatic nitrogens is 6. The van der Waals surface area contributed by atoms with Crippen LogP contribution in [0.15, 0.2) is 73.2 Å². The maximum Gasteiger partial charge on any atom is 0.223 e. The highest BCUT2D eigenvalue weighted by atomic mass is 35.5. The number of aliphatic hydroxyl groups excluding tert-OH is 1. The molecule has 53 heavy (non-hydrogen) atoms. The lowest BCUT2D eigenvalue weighted by Crippen LogP contribution is -2.25. The number of fused-ring (bicyclic) bond motifs is 3. The Hall–Kier alpha value is -4.49. The summed E-state index contributed by atoms with van der Waals surface area (Å²) in [5.41, 5.74) is 4.19. The number of imidazole rings is 3. The maximum absolute atomic E-state index is 12.1. The van der Waals surface area contributed by atoms with Gasteiger partial charge in [-0.1, -0.05) is 79.7 Å². The summed E-state index contributed by atoms with van der Waals surface area (Å²) < 4.78 is 5.38. The number of aliphatic hydroxyl groups is 1. The van der Waals surface area contributed by atoms with Gasteiger partial charge in [-0.3, -0.25) is 18.8 Å². The lowest BCUT2D eigenvalue weighted by atomic mass is 10.0. The molecule has 280 valence electrons. The van der Waals surface area contributed by atoms with Gasteiger partial charge in [-0.2, -0.15) is 0 Å². The average Bonchev–Trinajstić information content (AvgIpc) is 3.96. The standard InChI is InChI=1S/C15H18ClN3O.C8H7ClN2O.C8H5ClN2O.C7H13NO/c1-2-5-11-8-14(20)18(9-11)10-12-15(16)17-13-6-3-4-7-19(12)13;2*9-8-6(5-12)11-4-2-1-3-7(11)10-8;1-2-3-6-4-7(9)8-5-6/h3-4,6-7,11H,2,5,8-10H2,1H3;1-4,12H,5H2;1-5H;6H,2-5H2,1H3,(H,8,9). The number of halogens is 3. The first-order chi connectivity index (χ1) is 25.7. The predicted octanol–water partition coefficient (Wildman–Crippen LogP) is 7.34. The van der Waals surface area contributed by atoms with Crippen LogP contribution in [0.25, 0.3) is 16.9 Å². The molecule has 8 heterocycles. The van der Waals surface area contributed by atoms with Crippen LogP contribution in [0.5, 0.6) is 0 Å². The number of likely N-dealkylation sites (tertiary alicyclic amines) is 1. The van der Waals surface area contributed by atoms with E-state index in [0.717, 1.165) is 49.3 Å². The summed E-state index contributed by atoms with van der Waals surface area (Å²) in [6.07, 6.45) is 12.3. The molecule has 0 bridgehead atoms. The number of carbonyl (C=O) groups excluding carboxylic acids is 3. The summed E-state index contributed by atoms with van der Waals surface area (Å²) in [5.74, 6) is 1.58. The number of hydrogen-bond acceptors (Lipinski definition) is 7. The number of amides is 2. The van der Waals surface area contributed by atoms with Gasteiger partial charge in [0.1, 0.15) is 22.6 Å². The lowest BCUT2D eigenvalue weighted by Gasteiger charge is -2.16. The molecular formula is C38H43Cl3N8O4. The average molecular weight is 782 g/mol. The normalized spacial score (nSPS) is 16.5. The van der Waals surface area contributed by atoms with Crippen molar-refractivity contribution < 1.29 is 19.5 Å². The van der Waals surface area contributed by atoms with E-state index in [0.29, 0.717) is 58.4 Å². The Balaban J connectivity index is 0.000000143. The summed E-state index contributed by atoms with van der Waals surface area (Å²) in [5, 5.41) is 12.9. The monoisotopic (exact) mass is 780 g/mol. The van der Waals surface area contributed by atoms with E-state index >= 15 is 0 Å². The number of pyridine rings is 3. The molecule has 0 radical (unpaired) electrons. The van der Waals surface area contributed by atoms with Crippen molar-refractivity contribution in [3.63, 3.8) is 0 Å². The van der Waals surface area contributed by atoms with Gasteiger partial charge in [0.2, 0.25) is 11.8 Å². The highest BCUT2D eigenvalue weighted by molar-refractivity contribution is 6.32. The molecule has 2 unspecified atom stereocenters. The number of aldehydes is 1. The molecule has 0 saturated carbocycles. The molecule has 2 N–H and O–H groups in total. The molecule has 2 atom stereocenters. The topological polar surface area (TPSA) is 139 Å². The Bertz CT molecular complexity index is 2160. The Morgan fingerprint density at radius 1 is 0.755 bits per heavy atom. The maximum atomic E-state index is 12.1. The van der Waals surface area contributed by atoms with Crippen LogP contribution in [0.1, 0.15) is 74.2 Å². The summed E-state index contributed by atoms with van der Waals surface area (Å²) in [4.78, 5) is 47.5. The van der Waals surface area contributed by atoms with Crippen LogP contribution in [0.4, 0.5) is 0 Å². The van der Waals surface area contributed by atoms with Crippen LogP contribution in [0.2, 0.25) is 15.5 Å². The summed E-state index contributed by atoms with van der Waals surface area (Å²) >= 11 is 17.7. The first-order valence-electron chi connectivity index (χ1n) is 17.6. The molecule has 2 aliphatic rings. The van der Waals surface area contributed by atoms with Crippen LogP contribution < -0.4 is 5.32 Å². The van der Waals surface area contributed by atoms with Gasteiger partial charge in [0, 0.05) is 44.5 Å². The molecule has 15 heteroatoms. The van der Waals surface area contributed by atoms with Gasteiger partial charge in [0.05, 0.1) is 24.5 Å². The molecule has 0 aromatic carbocycles. The SMILES string of the molecule is CCCC1CC(=O)N(Cc2c(Cl)nc3ccccn23)C1.CCCC1CNC(=O)C1.O=Cc1c(Cl)nc2ccccn12.OCc1c(Cl)nc2ccccn12. The van der Waals surface area contributed by atoms with Gasteiger partial charge in [-0.05, 0) is 61.1 Å². The van der Waals surface area contributed by atoms with E-state index in [1.807, 2.05) is 70.2 Å². The number of nitrogens with zero attached hydrogens (tertiary/aromatic N) is 7. The summed E-state index contributed by atoms with van der Waals surface area (Å²) in [7, 11) is 0. The fraction of sp³-hybridized carbons (Fsp3) is 0.368. The van der Waals surface area contributed by atoms with E-state index in [4.69, 9.17) is 39.9 Å². The largest absolute Gasteiger partial charge is 0.390 e. The van der Waals surface area contributed by atoms with Crippen LogP contribution in [-0.4, -0.2) is 69.4 Å². The van der Waals surface area contributed by atoms with Crippen LogP contribution in [0.3, 0.4) is 0 Å². The predicted molar refractivity (Wildman–Crippen MR) is 206 cm³/mol. The molecule has 6 aromatic heterocycles. The Morgan fingerprint density at radius 3 is 1.83 bits per heavy atom. The number of carbonyl (C=O) groups is 3. The third kappa shape index (κ3) is 9.94. The van der Waals surface area contributed by atoms with Crippen molar-refractivity contribution in [3.05, 3.63) is 106 Å². The Morgan fingerprint density at radius 2 is 1.28 bits per heavy atom. The van der Waals surface area contributed by atoms with E-state index < -0.39 is 0 Å². The van der Waals surface area contributed by atoms with Crippen molar-refractivity contribution in [2.24, 2.45) is 11.8 Å². The third-order valence-corrected chi connectivity index (χ3v) is 9.92. The summed E-state index contributed by atoms with van der Waals surface area (Å²) in [6, 6.07) is 16.8. The van der Waals surface area contributed by atoms with E-state index in [-0.39, 0.29) is 23.6 Å². The zero-order valence-corrected chi connectivity index (χ0v) is 31.9. The molecule has 12 nitrogen and oxygen atoms in total. The van der Waals surface area contributed by atoms with Gasteiger partial charge in [-0.15, -0.1) is 0 Å². The number of hydrogen-bond donors (Lipinski definition) is 2. The zero-order chi connectivity index (χ0) is 37.9. The molecule has 0 spiro atoms. The molecule has 0 aliphatic carbocycles. The molecule has 2 fully saturated rings. The molecule has 6 aromatic rings. The summed E-state index contributed by atoms with van der Waals surface area (Å²) in [6.45, 7) is 6.51. The molecule has 2 amide bonds. The molecule has 2 saturated heterocycles. The highest BCUT2D eigenvalue weighted by Crippen LogP contribution is 2.26. The zero-order valence-electron chi connectivity index (χ0n) is 29.7. The number of rotatable bonds is 8.